The van der Waals surface area contributed by atoms with Crippen molar-refractivity contribution in [3.8, 4) is 0 Å². The van der Waals surface area contributed by atoms with E-state index in [9.17, 15) is 10.1 Å². The molecular formula is C14H12N4O2S. The summed E-state index contributed by atoms with van der Waals surface area (Å²) in [4.78, 5) is 20.3. The van der Waals surface area contributed by atoms with Crippen LogP contribution in [0.2, 0.25) is 0 Å². The molecule has 0 atom stereocenters. The first-order valence-corrected chi connectivity index (χ1v) is 7.14. The zero-order chi connectivity index (χ0) is 14.8. The van der Waals surface area contributed by atoms with Gasteiger partial charge in [0.2, 0.25) is 0 Å². The van der Waals surface area contributed by atoms with Crippen molar-refractivity contribution in [1.82, 2.24) is 9.97 Å². The van der Waals surface area contributed by atoms with Crippen LogP contribution in [0.25, 0.3) is 10.9 Å². The first kappa shape index (κ1) is 13.4. The fourth-order valence-corrected chi connectivity index (χ4v) is 2.83. The predicted molar refractivity (Wildman–Crippen MR) is 82.6 cm³/mol. The molecule has 6 nitrogen and oxygen atoms in total. The number of anilines is 1. The number of rotatable bonds is 4. The van der Waals surface area contributed by atoms with Crippen molar-refractivity contribution in [3.05, 3.63) is 56.7 Å². The lowest BCUT2D eigenvalue weighted by Crippen LogP contribution is -2.04. The third kappa shape index (κ3) is 2.68. The Bertz CT molecular complexity index is 816. The Morgan fingerprint density at radius 1 is 1.29 bits per heavy atom. The quantitative estimate of drug-likeness (QED) is 0.589. The molecule has 21 heavy (non-hydrogen) atoms. The van der Waals surface area contributed by atoms with E-state index in [-0.39, 0.29) is 5.69 Å². The Balaban J connectivity index is 2.01. The molecule has 0 amide bonds. The number of benzene rings is 1. The SMILES string of the molecule is Cc1cnc(CNc2c([N+](=O)[O-])cnc3ccccc23)s1. The highest BCUT2D eigenvalue weighted by Crippen LogP contribution is 2.31. The lowest BCUT2D eigenvalue weighted by atomic mass is 10.1. The molecule has 2 aromatic heterocycles. The van der Waals surface area contributed by atoms with Crippen LogP contribution >= 0.6 is 11.3 Å². The molecule has 7 heteroatoms. The minimum Gasteiger partial charge on any atom is -0.372 e. The molecule has 0 unspecified atom stereocenters. The zero-order valence-electron chi connectivity index (χ0n) is 11.2. The predicted octanol–water partition coefficient (Wildman–Crippen LogP) is 3.52. The van der Waals surface area contributed by atoms with Crippen LogP contribution in [0.5, 0.6) is 0 Å². The van der Waals surface area contributed by atoms with Crippen LogP contribution in [-0.2, 0) is 6.54 Å². The Morgan fingerprint density at radius 2 is 2.10 bits per heavy atom. The normalized spacial score (nSPS) is 10.7. The number of hydrogen-bond acceptors (Lipinski definition) is 6. The van der Waals surface area contributed by atoms with Gasteiger partial charge < -0.3 is 5.32 Å². The summed E-state index contributed by atoms with van der Waals surface area (Å²) in [6, 6.07) is 7.35. The van der Waals surface area contributed by atoms with Crippen LogP contribution in [0.4, 0.5) is 11.4 Å². The lowest BCUT2D eigenvalue weighted by molar-refractivity contribution is -0.384. The number of nitro groups is 1. The third-order valence-electron chi connectivity index (χ3n) is 3.04. The highest BCUT2D eigenvalue weighted by atomic mass is 32.1. The molecule has 1 N–H and O–H groups in total. The Morgan fingerprint density at radius 3 is 2.81 bits per heavy atom. The second-order valence-corrected chi connectivity index (χ2v) is 5.83. The van der Waals surface area contributed by atoms with E-state index in [0.29, 0.717) is 12.2 Å². The largest absolute Gasteiger partial charge is 0.372 e. The number of hydrogen-bond donors (Lipinski definition) is 1. The van der Waals surface area contributed by atoms with E-state index in [1.807, 2.05) is 31.2 Å². The highest BCUT2D eigenvalue weighted by molar-refractivity contribution is 7.11. The summed E-state index contributed by atoms with van der Waals surface area (Å²) in [6.07, 6.45) is 3.08. The van der Waals surface area contributed by atoms with Gasteiger partial charge in [-0.15, -0.1) is 11.3 Å². The summed E-state index contributed by atoms with van der Waals surface area (Å²) in [5, 5.41) is 16.0. The Hall–Kier alpha value is -2.54. The van der Waals surface area contributed by atoms with E-state index in [1.165, 1.54) is 6.20 Å². The maximum absolute atomic E-state index is 11.2. The summed E-state index contributed by atoms with van der Waals surface area (Å²) in [7, 11) is 0. The van der Waals surface area contributed by atoms with Crippen molar-refractivity contribution in [1.29, 1.82) is 0 Å². The third-order valence-corrected chi connectivity index (χ3v) is 3.95. The van der Waals surface area contributed by atoms with Gasteiger partial charge in [0.05, 0.1) is 17.0 Å². The van der Waals surface area contributed by atoms with Gasteiger partial charge in [-0.25, -0.2) is 9.97 Å². The maximum Gasteiger partial charge on any atom is 0.311 e. The van der Waals surface area contributed by atoms with E-state index in [4.69, 9.17) is 0 Å². The molecule has 0 saturated heterocycles. The van der Waals surface area contributed by atoms with E-state index in [1.54, 1.807) is 17.5 Å². The number of aromatic nitrogens is 2. The van der Waals surface area contributed by atoms with Gasteiger partial charge in [-0.1, -0.05) is 18.2 Å². The summed E-state index contributed by atoms with van der Waals surface area (Å²) < 4.78 is 0. The highest BCUT2D eigenvalue weighted by Gasteiger charge is 2.17. The van der Waals surface area contributed by atoms with Crippen molar-refractivity contribution in [3.63, 3.8) is 0 Å². The molecule has 0 bridgehead atoms. The summed E-state index contributed by atoms with van der Waals surface area (Å²) in [5.74, 6) is 0. The van der Waals surface area contributed by atoms with Gasteiger partial charge in [0.1, 0.15) is 16.9 Å². The van der Waals surface area contributed by atoms with Gasteiger partial charge in [-0.2, -0.15) is 0 Å². The first-order chi connectivity index (χ1) is 10.1. The topological polar surface area (TPSA) is 81.0 Å². The molecule has 106 valence electrons. The fourth-order valence-electron chi connectivity index (χ4n) is 2.10. The molecule has 0 aliphatic rings. The van der Waals surface area contributed by atoms with Crippen LogP contribution in [0.15, 0.2) is 36.7 Å². The second-order valence-electron chi connectivity index (χ2n) is 4.51. The van der Waals surface area contributed by atoms with Gasteiger partial charge in [-0.05, 0) is 13.0 Å². The Kier molecular flexibility index (Phi) is 3.49. The molecule has 3 aromatic rings. The van der Waals surface area contributed by atoms with Crippen LogP contribution < -0.4 is 5.32 Å². The summed E-state index contributed by atoms with van der Waals surface area (Å²) in [5.41, 5.74) is 1.18. The Labute approximate surface area is 124 Å². The number of nitrogens with one attached hydrogen (secondary N) is 1. The van der Waals surface area contributed by atoms with Crippen LogP contribution in [0.1, 0.15) is 9.88 Å². The van der Waals surface area contributed by atoms with E-state index < -0.39 is 4.92 Å². The van der Waals surface area contributed by atoms with Gasteiger partial charge in [-0.3, -0.25) is 10.1 Å². The standard InChI is InChI=1S/C14H12N4O2S/c1-9-6-16-13(21-9)8-17-14-10-4-2-3-5-11(10)15-7-12(14)18(19)20/h2-7H,8H2,1H3,(H,15,17). The fraction of sp³-hybridized carbons (Fsp3) is 0.143. The zero-order valence-corrected chi connectivity index (χ0v) is 12.1. The van der Waals surface area contributed by atoms with Gasteiger partial charge in [0, 0.05) is 16.5 Å². The number of nitrogens with zero attached hydrogens (tertiary/aromatic N) is 3. The number of pyridine rings is 1. The average Bonchev–Trinajstić information content (AvgIpc) is 2.90. The van der Waals surface area contributed by atoms with Crippen molar-refractivity contribution < 1.29 is 4.92 Å². The molecule has 0 aliphatic carbocycles. The van der Waals surface area contributed by atoms with Gasteiger partial charge in [0.25, 0.3) is 0 Å². The minimum absolute atomic E-state index is 0.0259. The second kappa shape index (κ2) is 5.45. The number of thiazole rings is 1. The first-order valence-electron chi connectivity index (χ1n) is 6.32. The molecule has 2 heterocycles. The smallest absolute Gasteiger partial charge is 0.311 e. The lowest BCUT2D eigenvalue weighted by Gasteiger charge is -2.08. The number of aryl methyl sites for hydroxylation is 1. The van der Waals surface area contributed by atoms with Crippen LogP contribution in [0, 0.1) is 17.0 Å². The number of fused-ring (bicyclic) bond motifs is 1. The monoisotopic (exact) mass is 300 g/mol. The average molecular weight is 300 g/mol. The van der Waals surface area contributed by atoms with E-state index in [0.717, 1.165) is 20.8 Å². The van der Waals surface area contributed by atoms with Crippen molar-refractivity contribution >= 4 is 33.6 Å². The van der Waals surface area contributed by atoms with Crippen molar-refractivity contribution in [2.45, 2.75) is 13.5 Å². The maximum atomic E-state index is 11.2. The molecular weight excluding hydrogens is 288 g/mol. The van der Waals surface area contributed by atoms with Crippen LogP contribution in [0.3, 0.4) is 0 Å². The van der Waals surface area contributed by atoms with E-state index >= 15 is 0 Å². The molecule has 0 spiro atoms. The molecule has 3 rings (SSSR count). The molecule has 0 fully saturated rings. The van der Waals surface area contributed by atoms with Crippen molar-refractivity contribution in [2.24, 2.45) is 0 Å². The van der Waals surface area contributed by atoms with Crippen molar-refractivity contribution in [2.75, 3.05) is 5.32 Å². The molecule has 0 aliphatic heterocycles. The van der Waals surface area contributed by atoms with Gasteiger partial charge >= 0.3 is 5.69 Å². The van der Waals surface area contributed by atoms with Crippen LogP contribution in [-0.4, -0.2) is 14.9 Å². The van der Waals surface area contributed by atoms with Gasteiger partial charge in [0.15, 0.2) is 0 Å². The number of para-hydroxylation sites is 1. The summed E-state index contributed by atoms with van der Waals surface area (Å²) >= 11 is 1.57. The van der Waals surface area contributed by atoms with E-state index in [2.05, 4.69) is 15.3 Å². The summed E-state index contributed by atoms with van der Waals surface area (Å²) in [6.45, 7) is 2.43. The minimum atomic E-state index is -0.422. The molecule has 0 radical (unpaired) electrons. The molecule has 0 saturated carbocycles. The molecule has 1 aromatic carbocycles.